The Balaban J connectivity index is 2.85. The van der Waals surface area contributed by atoms with Crippen molar-refractivity contribution in [3.8, 4) is 0 Å². The number of nitrogens with zero attached hydrogens (tertiary/aromatic N) is 1. The number of aromatic nitrogens is 1. The molecule has 0 unspecified atom stereocenters. The summed E-state index contributed by atoms with van der Waals surface area (Å²) in [5, 5.41) is 12.1. The van der Waals surface area contributed by atoms with Gasteiger partial charge >= 0.3 is 5.97 Å². The summed E-state index contributed by atoms with van der Waals surface area (Å²) in [5.74, 6) is -0.309. The Morgan fingerprint density at radius 2 is 2.06 bits per heavy atom. The van der Waals surface area contributed by atoms with E-state index in [1.54, 1.807) is 19.1 Å². The summed E-state index contributed by atoms with van der Waals surface area (Å²) in [7, 11) is 0. The normalized spacial score (nSPS) is 11.2. The molecule has 16 heavy (non-hydrogen) atoms. The smallest absolute Gasteiger partial charge is 0.335 e. The predicted octanol–water partition coefficient (Wildman–Crippen LogP) is 2.55. The van der Waals surface area contributed by atoms with Crippen LogP contribution >= 0.6 is 0 Å². The molecule has 88 valence electrons. The molecular weight excluding hydrogens is 204 g/mol. The molecule has 4 nitrogen and oxygen atoms in total. The maximum absolute atomic E-state index is 10.9. The lowest BCUT2D eigenvalue weighted by Crippen LogP contribution is -2.20. The van der Waals surface area contributed by atoms with E-state index >= 15 is 0 Å². The number of aryl methyl sites for hydroxylation is 1. The van der Waals surface area contributed by atoms with Crippen molar-refractivity contribution in [2.45, 2.75) is 27.7 Å². The minimum atomic E-state index is -0.927. The Morgan fingerprint density at radius 3 is 2.56 bits per heavy atom. The van der Waals surface area contributed by atoms with Crippen LogP contribution in [0.2, 0.25) is 0 Å². The van der Waals surface area contributed by atoms with E-state index < -0.39 is 5.97 Å². The third kappa shape index (κ3) is 3.88. The van der Waals surface area contributed by atoms with Crippen LogP contribution in [0.25, 0.3) is 0 Å². The van der Waals surface area contributed by atoms with E-state index in [0.29, 0.717) is 11.5 Å². The number of nitrogens with one attached hydrogen (secondary N) is 1. The first-order valence-corrected chi connectivity index (χ1v) is 5.24. The number of hydrogen-bond donors (Lipinski definition) is 2. The van der Waals surface area contributed by atoms with Gasteiger partial charge in [-0.25, -0.2) is 9.78 Å². The average molecular weight is 222 g/mol. The lowest BCUT2D eigenvalue weighted by Gasteiger charge is -2.19. The number of anilines is 1. The van der Waals surface area contributed by atoms with Crippen molar-refractivity contribution in [3.05, 3.63) is 23.4 Å². The lowest BCUT2D eigenvalue weighted by atomic mass is 9.97. The van der Waals surface area contributed by atoms with Gasteiger partial charge in [0.15, 0.2) is 0 Å². The van der Waals surface area contributed by atoms with Crippen LogP contribution in [0.1, 0.15) is 36.8 Å². The Kier molecular flexibility index (Phi) is 3.52. The molecule has 0 aliphatic carbocycles. The maximum atomic E-state index is 10.9. The zero-order valence-electron chi connectivity index (χ0n) is 10.2. The van der Waals surface area contributed by atoms with Crippen LogP contribution < -0.4 is 5.32 Å². The van der Waals surface area contributed by atoms with Gasteiger partial charge in [-0.2, -0.15) is 0 Å². The monoisotopic (exact) mass is 222 g/mol. The standard InChI is InChI=1S/C12H18N2O2/c1-8-5-9(11(15)16)6-10(14-8)13-7-12(2,3)4/h5-6H,7H2,1-4H3,(H,13,14)(H,15,16). The maximum Gasteiger partial charge on any atom is 0.335 e. The molecule has 0 radical (unpaired) electrons. The second-order valence-electron chi connectivity index (χ2n) is 5.10. The summed E-state index contributed by atoms with van der Waals surface area (Å²) in [6.07, 6.45) is 0. The van der Waals surface area contributed by atoms with Gasteiger partial charge in [0.25, 0.3) is 0 Å². The highest BCUT2D eigenvalue weighted by Gasteiger charge is 2.11. The van der Waals surface area contributed by atoms with Gasteiger partial charge in [0, 0.05) is 12.2 Å². The Hall–Kier alpha value is -1.58. The first-order valence-electron chi connectivity index (χ1n) is 5.24. The van der Waals surface area contributed by atoms with Crippen molar-refractivity contribution in [1.29, 1.82) is 0 Å². The summed E-state index contributed by atoms with van der Waals surface area (Å²) in [5.41, 5.74) is 1.11. The second kappa shape index (κ2) is 4.51. The van der Waals surface area contributed by atoms with Crippen molar-refractivity contribution < 1.29 is 9.90 Å². The molecule has 0 spiro atoms. The van der Waals surface area contributed by atoms with Crippen molar-refractivity contribution >= 4 is 11.8 Å². The van der Waals surface area contributed by atoms with E-state index in [1.807, 2.05) is 0 Å². The number of pyridine rings is 1. The van der Waals surface area contributed by atoms with Crippen LogP contribution in [-0.4, -0.2) is 22.6 Å². The van der Waals surface area contributed by atoms with Gasteiger partial charge < -0.3 is 10.4 Å². The molecule has 0 aromatic carbocycles. The Labute approximate surface area is 95.7 Å². The highest BCUT2D eigenvalue weighted by Crippen LogP contribution is 2.15. The molecule has 0 saturated heterocycles. The van der Waals surface area contributed by atoms with Gasteiger partial charge in [0.2, 0.25) is 0 Å². The van der Waals surface area contributed by atoms with Gasteiger partial charge in [0.1, 0.15) is 5.82 Å². The fourth-order valence-corrected chi connectivity index (χ4v) is 1.24. The van der Waals surface area contributed by atoms with Crippen LogP contribution in [-0.2, 0) is 0 Å². The molecule has 0 bridgehead atoms. The predicted molar refractivity (Wildman–Crippen MR) is 63.9 cm³/mol. The Morgan fingerprint density at radius 1 is 1.44 bits per heavy atom. The van der Waals surface area contributed by atoms with E-state index in [9.17, 15) is 4.79 Å². The van der Waals surface area contributed by atoms with Crippen LogP contribution in [0.5, 0.6) is 0 Å². The number of carboxylic acid groups (broad SMARTS) is 1. The number of carbonyl (C=O) groups is 1. The molecule has 1 aromatic heterocycles. The zero-order chi connectivity index (χ0) is 12.3. The third-order valence-corrected chi connectivity index (χ3v) is 2.00. The molecule has 0 saturated carbocycles. The van der Waals surface area contributed by atoms with Crippen molar-refractivity contribution in [3.63, 3.8) is 0 Å². The molecule has 2 N–H and O–H groups in total. The molecule has 4 heteroatoms. The quantitative estimate of drug-likeness (QED) is 0.825. The van der Waals surface area contributed by atoms with E-state index in [4.69, 9.17) is 5.11 Å². The van der Waals surface area contributed by atoms with Gasteiger partial charge in [0.05, 0.1) is 5.56 Å². The van der Waals surface area contributed by atoms with Crippen LogP contribution in [0.15, 0.2) is 12.1 Å². The first kappa shape index (κ1) is 12.5. The highest BCUT2D eigenvalue weighted by molar-refractivity contribution is 5.88. The van der Waals surface area contributed by atoms with Crippen LogP contribution in [0.3, 0.4) is 0 Å². The molecule has 0 amide bonds. The molecular formula is C12H18N2O2. The molecule has 0 atom stereocenters. The van der Waals surface area contributed by atoms with Gasteiger partial charge in [-0.3, -0.25) is 0 Å². The Bertz CT molecular complexity index is 394. The van der Waals surface area contributed by atoms with Crippen molar-refractivity contribution in [2.24, 2.45) is 5.41 Å². The summed E-state index contributed by atoms with van der Waals surface area (Å²) in [6, 6.07) is 3.12. The first-order chi connectivity index (χ1) is 7.28. The highest BCUT2D eigenvalue weighted by atomic mass is 16.4. The van der Waals surface area contributed by atoms with Crippen LogP contribution in [0.4, 0.5) is 5.82 Å². The van der Waals surface area contributed by atoms with E-state index in [1.165, 1.54) is 0 Å². The SMILES string of the molecule is Cc1cc(C(=O)O)cc(NCC(C)(C)C)n1. The summed E-state index contributed by atoms with van der Waals surface area (Å²) >= 11 is 0. The van der Waals surface area contributed by atoms with Crippen molar-refractivity contribution in [2.75, 3.05) is 11.9 Å². The van der Waals surface area contributed by atoms with E-state index in [-0.39, 0.29) is 11.0 Å². The largest absolute Gasteiger partial charge is 0.478 e. The molecule has 0 fully saturated rings. The topological polar surface area (TPSA) is 62.2 Å². The van der Waals surface area contributed by atoms with Crippen molar-refractivity contribution in [1.82, 2.24) is 4.98 Å². The summed E-state index contributed by atoms with van der Waals surface area (Å²) in [6.45, 7) is 8.85. The third-order valence-electron chi connectivity index (χ3n) is 2.00. The van der Waals surface area contributed by atoms with E-state index in [2.05, 4.69) is 31.1 Å². The second-order valence-corrected chi connectivity index (χ2v) is 5.10. The molecule has 0 aliphatic heterocycles. The lowest BCUT2D eigenvalue weighted by molar-refractivity contribution is 0.0696. The number of aromatic carboxylic acids is 1. The molecule has 0 aliphatic rings. The van der Waals surface area contributed by atoms with Gasteiger partial charge in [-0.05, 0) is 24.5 Å². The number of hydrogen-bond acceptors (Lipinski definition) is 3. The van der Waals surface area contributed by atoms with Crippen LogP contribution in [0, 0.1) is 12.3 Å². The minimum Gasteiger partial charge on any atom is -0.478 e. The number of rotatable bonds is 3. The molecule has 1 aromatic rings. The minimum absolute atomic E-state index is 0.134. The van der Waals surface area contributed by atoms with Gasteiger partial charge in [-0.1, -0.05) is 20.8 Å². The summed E-state index contributed by atoms with van der Waals surface area (Å²) < 4.78 is 0. The fourth-order valence-electron chi connectivity index (χ4n) is 1.24. The van der Waals surface area contributed by atoms with Gasteiger partial charge in [-0.15, -0.1) is 0 Å². The average Bonchev–Trinajstić information content (AvgIpc) is 2.13. The summed E-state index contributed by atoms with van der Waals surface area (Å²) in [4.78, 5) is 15.1. The number of carboxylic acids is 1. The molecule has 1 heterocycles. The zero-order valence-corrected chi connectivity index (χ0v) is 10.2. The molecule has 1 rings (SSSR count). The fraction of sp³-hybridized carbons (Fsp3) is 0.500. The van der Waals surface area contributed by atoms with E-state index in [0.717, 1.165) is 6.54 Å².